The van der Waals surface area contributed by atoms with Gasteiger partial charge in [-0.25, -0.2) is 14.4 Å². The molecule has 0 saturated carbocycles. The van der Waals surface area contributed by atoms with Crippen LogP contribution < -0.4 is 0 Å². The molecule has 1 aromatic heterocycles. The molecule has 0 radical (unpaired) electrons. The molecule has 0 N–H and O–H groups in total. The highest BCUT2D eigenvalue weighted by atomic mass is 79.9. The zero-order valence-corrected chi connectivity index (χ0v) is 11.9. The van der Waals surface area contributed by atoms with Crippen LogP contribution in [0.15, 0.2) is 22.7 Å². The minimum atomic E-state index is -0.844. The molecule has 0 bridgehead atoms. The van der Waals surface area contributed by atoms with Gasteiger partial charge >= 0.3 is 0 Å². The number of rotatable bonds is 1. The van der Waals surface area contributed by atoms with E-state index < -0.39 is 5.82 Å². The first-order chi connectivity index (χ1) is 7.99. The molecular formula is C10H3BrCl3FN2. The molecule has 0 fully saturated rings. The van der Waals surface area contributed by atoms with Gasteiger partial charge in [0.05, 0.1) is 5.02 Å². The highest BCUT2D eigenvalue weighted by Crippen LogP contribution is 2.31. The topological polar surface area (TPSA) is 25.8 Å². The first kappa shape index (κ1) is 13.0. The Kier molecular flexibility index (Phi) is 3.88. The first-order valence-electron chi connectivity index (χ1n) is 4.33. The molecule has 1 heterocycles. The fourth-order valence-corrected chi connectivity index (χ4v) is 2.13. The minimum absolute atomic E-state index is 0.174. The van der Waals surface area contributed by atoms with Crippen molar-refractivity contribution in [3.05, 3.63) is 43.8 Å². The molecule has 7 heteroatoms. The van der Waals surface area contributed by atoms with E-state index in [0.29, 0.717) is 10.6 Å². The normalized spacial score (nSPS) is 10.6. The third kappa shape index (κ3) is 2.71. The summed E-state index contributed by atoms with van der Waals surface area (Å²) in [5.74, 6) is -0.670. The van der Waals surface area contributed by atoms with E-state index in [0.717, 1.165) is 4.47 Å². The Labute approximate surface area is 120 Å². The van der Waals surface area contributed by atoms with Crippen molar-refractivity contribution >= 4 is 50.7 Å². The third-order valence-electron chi connectivity index (χ3n) is 1.94. The van der Waals surface area contributed by atoms with Crippen molar-refractivity contribution in [3.8, 4) is 11.4 Å². The molecule has 0 aliphatic heterocycles. The van der Waals surface area contributed by atoms with Crippen molar-refractivity contribution in [1.29, 1.82) is 0 Å². The fourth-order valence-electron chi connectivity index (χ4n) is 1.18. The van der Waals surface area contributed by atoms with E-state index in [2.05, 4.69) is 25.9 Å². The second-order valence-electron chi connectivity index (χ2n) is 3.07. The molecule has 0 aliphatic rings. The molecule has 0 aliphatic carbocycles. The summed E-state index contributed by atoms with van der Waals surface area (Å²) < 4.78 is 14.0. The maximum Gasteiger partial charge on any atom is 0.197 e. The molecule has 88 valence electrons. The second kappa shape index (κ2) is 5.06. The molecule has 0 atom stereocenters. The van der Waals surface area contributed by atoms with Crippen molar-refractivity contribution in [3.63, 3.8) is 0 Å². The van der Waals surface area contributed by atoms with Gasteiger partial charge in [-0.1, -0.05) is 50.7 Å². The summed E-state index contributed by atoms with van der Waals surface area (Å²) >= 11 is 20.5. The Bertz CT molecular complexity index is 569. The summed E-state index contributed by atoms with van der Waals surface area (Å²) in [6.45, 7) is 0. The summed E-state index contributed by atoms with van der Waals surface area (Å²) in [5.41, 5.74) is 0.518. The predicted molar refractivity (Wildman–Crippen MR) is 70.2 cm³/mol. The molecule has 0 amide bonds. The molecule has 1 aromatic carbocycles. The average molecular weight is 356 g/mol. The van der Waals surface area contributed by atoms with Crippen LogP contribution in [-0.2, 0) is 0 Å². The van der Waals surface area contributed by atoms with Crippen molar-refractivity contribution < 1.29 is 4.39 Å². The Hall–Kier alpha value is -0.420. The summed E-state index contributed by atoms with van der Waals surface area (Å²) in [4.78, 5) is 7.59. The highest BCUT2D eigenvalue weighted by Gasteiger charge is 2.14. The summed E-state index contributed by atoms with van der Waals surface area (Å²) in [5, 5.41) is -0.251. The smallest absolute Gasteiger partial charge is 0.197 e. The number of aromatic nitrogens is 2. The summed E-state index contributed by atoms with van der Waals surface area (Å²) in [7, 11) is 0. The maximum atomic E-state index is 13.2. The molecule has 17 heavy (non-hydrogen) atoms. The maximum absolute atomic E-state index is 13.2. The van der Waals surface area contributed by atoms with Crippen molar-refractivity contribution in [2.45, 2.75) is 0 Å². The van der Waals surface area contributed by atoms with E-state index in [1.54, 1.807) is 18.2 Å². The summed E-state index contributed by atoms with van der Waals surface area (Å²) in [6.07, 6.45) is 0. The molecule has 2 nitrogen and oxygen atoms in total. The Morgan fingerprint density at radius 1 is 1.06 bits per heavy atom. The van der Waals surface area contributed by atoms with Gasteiger partial charge in [0.15, 0.2) is 21.9 Å². The second-order valence-corrected chi connectivity index (χ2v) is 5.11. The molecule has 0 spiro atoms. The van der Waals surface area contributed by atoms with Crippen LogP contribution >= 0.6 is 50.7 Å². The van der Waals surface area contributed by atoms with E-state index in [9.17, 15) is 4.39 Å². The molecule has 2 aromatic rings. The van der Waals surface area contributed by atoms with Gasteiger partial charge in [-0.2, -0.15) is 0 Å². The van der Waals surface area contributed by atoms with Gasteiger partial charge in [-0.05, 0) is 18.2 Å². The van der Waals surface area contributed by atoms with Crippen molar-refractivity contribution in [2.24, 2.45) is 0 Å². The van der Waals surface area contributed by atoms with Gasteiger partial charge in [0, 0.05) is 10.0 Å². The van der Waals surface area contributed by atoms with E-state index in [-0.39, 0.29) is 16.1 Å². The number of halogens is 5. The van der Waals surface area contributed by atoms with E-state index in [1.807, 2.05) is 0 Å². The molecule has 0 unspecified atom stereocenters. The zero-order valence-electron chi connectivity index (χ0n) is 8.02. The number of hydrogen-bond acceptors (Lipinski definition) is 2. The third-order valence-corrected chi connectivity index (χ3v) is 3.26. The predicted octanol–water partition coefficient (Wildman–Crippen LogP) is 5.01. The van der Waals surface area contributed by atoms with Gasteiger partial charge in [0.1, 0.15) is 0 Å². The standard InChI is InChI=1S/C10H3BrCl3FN2/c11-4-1-2-6(12)5(3-4)10-16-8(13)7(15)9(14)17-10/h1-3H. The van der Waals surface area contributed by atoms with E-state index in [4.69, 9.17) is 34.8 Å². The van der Waals surface area contributed by atoms with Crippen LogP contribution in [0.25, 0.3) is 11.4 Å². The van der Waals surface area contributed by atoms with Gasteiger partial charge in [0.25, 0.3) is 0 Å². The molecule has 2 rings (SSSR count). The largest absolute Gasteiger partial charge is 0.213 e. The number of nitrogens with zero attached hydrogens (tertiary/aromatic N) is 2. The minimum Gasteiger partial charge on any atom is -0.213 e. The van der Waals surface area contributed by atoms with Crippen molar-refractivity contribution in [1.82, 2.24) is 9.97 Å². The highest BCUT2D eigenvalue weighted by molar-refractivity contribution is 9.10. The fraction of sp³-hybridized carbons (Fsp3) is 0. The SMILES string of the molecule is Fc1c(Cl)nc(-c2cc(Br)ccc2Cl)nc1Cl. The lowest BCUT2D eigenvalue weighted by Crippen LogP contribution is -1.95. The van der Waals surface area contributed by atoms with Crippen LogP contribution in [0.2, 0.25) is 15.3 Å². The lowest BCUT2D eigenvalue weighted by Gasteiger charge is -2.05. The van der Waals surface area contributed by atoms with Crippen LogP contribution in [0.3, 0.4) is 0 Å². The Morgan fingerprint density at radius 3 is 2.24 bits per heavy atom. The lowest BCUT2D eigenvalue weighted by atomic mass is 10.2. The van der Waals surface area contributed by atoms with Gasteiger partial charge < -0.3 is 0 Å². The number of benzene rings is 1. The zero-order chi connectivity index (χ0) is 12.6. The van der Waals surface area contributed by atoms with Gasteiger partial charge in [-0.3, -0.25) is 0 Å². The average Bonchev–Trinajstić information content (AvgIpc) is 2.28. The number of hydrogen-bond donors (Lipinski definition) is 0. The van der Waals surface area contributed by atoms with Gasteiger partial charge in [-0.15, -0.1) is 0 Å². The lowest BCUT2D eigenvalue weighted by molar-refractivity contribution is 0.615. The molecular weight excluding hydrogens is 353 g/mol. The van der Waals surface area contributed by atoms with Crippen LogP contribution in [0, 0.1) is 5.82 Å². The summed E-state index contributed by atoms with van der Waals surface area (Å²) in [6, 6.07) is 5.12. The van der Waals surface area contributed by atoms with Crippen LogP contribution in [0.5, 0.6) is 0 Å². The van der Waals surface area contributed by atoms with Crippen LogP contribution in [-0.4, -0.2) is 9.97 Å². The van der Waals surface area contributed by atoms with Crippen LogP contribution in [0.1, 0.15) is 0 Å². The quantitative estimate of drug-likeness (QED) is 0.672. The van der Waals surface area contributed by atoms with E-state index >= 15 is 0 Å². The van der Waals surface area contributed by atoms with Gasteiger partial charge in [0.2, 0.25) is 0 Å². The monoisotopic (exact) mass is 354 g/mol. The molecule has 0 saturated heterocycles. The Morgan fingerprint density at radius 2 is 1.65 bits per heavy atom. The van der Waals surface area contributed by atoms with Crippen LogP contribution in [0.4, 0.5) is 4.39 Å². The first-order valence-corrected chi connectivity index (χ1v) is 6.25. The van der Waals surface area contributed by atoms with E-state index in [1.165, 1.54) is 0 Å². The Balaban J connectivity index is 2.64. The van der Waals surface area contributed by atoms with Crippen molar-refractivity contribution in [2.75, 3.05) is 0 Å².